The summed E-state index contributed by atoms with van der Waals surface area (Å²) in [6, 6.07) is 14.3. The largest absolute Gasteiger partial charge is 0.530 e. The molecule has 4 N–H and O–H groups in total. The number of amides is 2. The van der Waals surface area contributed by atoms with Gasteiger partial charge in [-0.1, -0.05) is 56.7 Å². The van der Waals surface area contributed by atoms with E-state index in [0.29, 0.717) is 38.8 Å². The molecule has 2 aromatic carbocycles. The standard InChI is InChI=1S/C33H48N4O9S/c1-33(2,15-7-8-16-36(3)32(40)41)22-37(47(42,43)25-13-9-12-24(34)19-25)20-28(38)27(18-23-10-5-4-6-11-23)35-31(39)46-29-21-45-30-26(29)14-17-44-30/h4-6,9-13,19,26-30,38H,7-8,14-18,20-22,34H2,1-3H3,(H,35,39)(H,40,41)/p-1/t26-,27-,28+,29-,30+/m0/s1. The Kier molecular flexibility index (Phi) is 12.5. The van der Waals surface area contributed by atoms with Crippen LogP contribution in [0.15, 0.2) is 59.5 Å². The summed E-state index contributed by atoms with van der Waals surface area (Å²) in [5.41, 5.74) is 6.49. The van der Waals surface area contributed by atoms with Crippen molar-refractivity contribution in [2.75, 3.05) is 45.6 Å². The van der Waals surface area contributed by atoms with Crippen molar-refractivity contribution in [1.82, 2.24) is 14.5 Å². The van der Waals surface area contributed by atoms with E-state index in [2.05, 4.69) is 5.32 Å². The highest BCUT2D eigenvalue weighted by molar-refractivity contribution is 7.89. The van der Waals surface area contributed by atoms with Crippen molar-refractivity contribution in [1.29, 1.82) is 0 Å². The van der Waals surface area contributed by atoms with E-state index < -0.39 is 52.2 Å². The fourth-order valence-corrected chi connectivity index (χ4v) is 7.73. The number of nitrogens with one attached hydrogen (secondary N) is 1. The van der Waals surface area contributed by atoms with Crippen LogP contribution in [0.5, 0.6) is 0 Å². The maximum atomic E-state index is 14.1. The number of carboxylic acid groups (broad SMARTS) is 1. The van der Waals surface area contributed by atoms with Crippen molar-refractivity contribution < 1.29 is 42.4 Å². The number of aliphatic hydroxyl groups excluding tert-OH is 1. The Bertz CT molecular complexity index is 1440. The molecule has 0 aromatic heterocycles. The number of nitrogens with two attached hydrogens (primary N) is 1. The second-order valence-electron chi connectivity index (χ2n) is 13.2. The van der Waals surface area contributed by atoms with E-state index in [4.69, 9.17) is 19.9 Å². The number of aliphatic hydroxyl groups is 1. The molecular formula is C33H47N4O9S-. The highest BCUT2D eigenvalue weighted by Gasteiger charge is 2.44. The van der Waals surface area contributed by atoms with Gasteiger partial charge in [0.1, 0.15) is 12.2 Å². The molecule has 2 aliphatic rings. The molecule has 0 bridgehead atoms. The van der Waals surface area contributed by atoms with Crippen molar-refractivity contribution in [3.05, 3.63) is 60.2 Å². The number of anilines is 1. The molecule has 0 spiro atoms. The van der Waals surface area contributed by atoms with E-state index in [1.54, 1.807) is 12.1 Å². The van der Waals surface area contributed by atoms with Gasteiger partial charge in [-0.15, -0.1) is 0 Å². The molecule has 0 saturated carbocycles. The first kappa shape index (κ1) is 36.4. The molecular weight excluding hydrogens is 628 g/mol. The minimum Gasteiger partial charge on any atom is -0.530 e. The molecule has 0 aliphatic carbocycles. The van der Waals surface area contributed by atoms with Gasteiger partial charge in [0.15, 0.2) is 6.29 Å². The van der Waals surface area contributed by atoms with Gasteiger partial charge in [-0.2, -0.15) is 4.31 Å². The van der Waals surface area contributed by atoms with E-state index in [1.165, 1.54) is 23.5 Å². The molecule has 47 heavy (non-hydrogen) atoms. The number of hydrogen-bond donors (Lipinski definition) is 3. The predicted molar refractivity (Wildman–Crippen MR) is 172 cm³/mol. The molecule has 260 valence electrons. The quantitative estimate of drug-likeness (QED) is 0.176. The number of fused-ring (bicyclic) bond motifs is 1. The fraction of sp³-hybridized carbons (Fsp3) is 0.576. The Hall–Kier alpha value is -3.43. The minimum absolute atomic E-state index is 0.0161. The van der Waals surface area contributed by atoms with Gasteiger partial charge in [-0.05, 0) is 54.9 Å². The van der Waals surface area contributed by atoms with E-state index in [1.807, 2.05) is 44.2 Å². The monoisotopic (exact) mass is 675 g/mol. The van der Waals surface area contributed by atoms with Crippen molar-refractivity contribution >= 4 is 27.9 Å². The average molecular weight is 676 g/mol. The lowest BCUT2D eigenvalue weighted by Gasteiger charge is -2.35. The Morgan fingerprint density at radius 2 is 1.89 bits per heavy atom. The third-order valence-electron chi connectivity index (χ3n) is 8.71. The summed E-state index contributed by atoms with van der Waals surface area (Å²) in [6.07, 6.45) is -1.49. The first-order valence-corrected chi connectivity index (χ1v) is 17.4. The van der Waals surface area contributed by atoms with E-state index in [9.17, 15) is 28.2 Å². The van der Waals surface area contributed by atoms with Crippen molar-refractivity contribution in [3.63, 3.8) is 0 Å². The molecule has 0 radical (unpaired) electrons. The summed E-state index contributed by atoms with van der Waals surface area (Å²) in [5.74, 6) is -0.0689. The lowest BCUT2D eigenvalue weighted by molar-refractivity contribution is -0.264. The van der Waals surface area contributed by atoms with Gasteiger partial charge < -0.3 is 45.2 Å². The van der Waals surface area contributed by atoms with Crippen molar-refractivity contribution in [2.45, 2.75) is 75.4 Å². The fourth-order valence-electron chi connectivity index (χ4n) is 6.03. The third kappa shape index (κ3) is 10.3. The summed E-state index contributed by atoms with van der Waals surface area (Å²) in [7, 11) is -2.70. The SMILES string of the molecule is CN(CCCCC(C)(C)CN(C[C@@H](O)[C@H](Cc1ccccc1)NC(=O)O[C@H]1CO[C@H]2OCC[C@H]21)S(=O)(=O)c1cccc(N)c1)C(=O)[O-]. The van der Waals surface area contributed by atoms with Gasteiger partial charge in [0.25, 0.3) is 0 Å². The molecule has 2 heterocycles. The van der Waals surface area contributed by atoms with Gasteiger partial charge in [0.2, 0.25) is 10.0 Å². The summed E-state index contributed by atoms with van der Waals surface area (Å²) >= 11 is 0. The van der Waals surface area contributed by atoms with Gasteiger partial charge in [0, 0.05) is 32.4 Å². The number of benzene rings is 2. The predicted octanol–water partition coefficient (Wildman–Crippen LogP) is 2.19. The van der Waals surface area contributed by atoms with Gasteiger partial charge in [0.05, 0.1) is 36.2 Å². The Morgan fingerprint density at radius 1 is 1.15 bits per heavy atom. The molecule has 5 atom stereocenters. The molecule has 2 fully saturated rings. The van der Waals surface area contributed by atoms with Gasteiger partial charge >= 0.3 is 6.09 Å². The summed E-state index contributed by atoms with van der Waals surface area (Å²) in [6.45, 7) is 4.59. The highest BCUT2D eigenvalue weighted by atomic mass is 32.2. The number of carbonyl (C=O) groups excluding carboxylic acids is 2. The normalized spacial score (nSPS) is 20.8. The smallest absolute Gasteiger partial charge is 0.407 e. The van der Waals surface area contributed by atoms with Crippen molar-refractivity contribution in [3.8, 4) is 0 Å². The second-order valence-corrected chi connectivity index (χ2v) is 15.1. The van der Waals surface area contributed by atoms with Crippen LogP contribution >= 0.6 is 0 Å². The molecule has 14 heteroatoms. The summed E-state index contributed by atoms with van der Waals surface area (Å²) < 4.78 is 46.2. The zero-order valence-electron chi connectivity index (χ0n) is 27.2. The van der Waals surface area contributed by atoms with Gasteiger partial charge in [-0.3, -0.25) is 0 Å². The van der Waals surface area contributed by atoms with Crippen LogP contribution in [0, 0.1) is 11.3 Å². The van der Waals surface area contributed by atoms with Gasteiger partial charge in [-0.25, -0.2) is 13.2 Å². The number of sulfonamides is 1. The topological polar surface area (TPSA) is 184 Å². The van der Waals surface area contributed by atoms with E-state index in [0.717, 1.165) is 10.5 Å². The number of unbranched alkanes of at least 4 members (excludes halogenated alkanes) is 1. The number of rotatable bonds is 16. The highest BCUT2D eigenvalue weighted by Crippen LogP contribution is 2.33. The summed E-state index contributed by atoms with van der Waals surface area (Å²) in [4.78, 5) is 25.3. The molecule has 0 unspecified atom stereocenters. The number of alkyl carbamates (subject to hydrolysis) is 1. The number of hydrogen-bond acceptors (Lipinski definition) is 10. The third-order valence-corrected chi connectivity index (χ3v) is 10.5. The molecule has 2 amide bonds. The van der Waals surface area contributed by atoms with Crippen molar-refractivity contribution in [2.24, 2.45) is 11.3 Å². The molecule has 4 rings (SSSR count). The maximum Gasteiger partial charge on any atom is 0.407 e. The lowest BCUT2D eigenvalue weighted by Crippen LogP contribution is -2.52. The summed E-state index contributed by atoms with van der Waals surface area (Å²) in [5, 5.41) is 25.5. The van der Waals surface area contributed by atoms with Crippen LogP contribution in [0.3, 0.4) is 0 Å². The van der Waals surface area contributed by atoms with Crippen LogP contribution < -0.4 is 16.2 Å². The Labute approximate surface area is 277 Å². The van der Waals surface area contributed by atoms with Crippen LogP contribution in [-0.2, 0) is 30.7 Å². The molecule has 2 saturated heterocycles. The molecule has 2 aromatic rings. The number of ether oxygens (including phenoxy) is 3. The van der Waals surface area contributed by atoms with Crippen LogP contribution in [0.1, 0.15) is 45.1 Å². The molecule has 2 aliphatic heterocycles. The number of nitrogen functional groups attached to an aromatic ring is 1. The first-order chi connectivity index (χ1) is 22.2. The van der Waals surface area contributed by atoms with Crippen LogP contribution in [-0.4, -0.2) is 99.4 Å². The zero-order chi connectivity index (χ0) is 34.2. The zero-order valence-corrected chi connectivity index (χ0v) is 28.1. The van der Waals surface area contributed by atoms with Crippen LogP contribution in [0.25, 0.3) is 0 Å². The average Bonchev–Trinajstić information content (AvgIpc) is 3.64. The maximum absolute atomic E-state index is 14.1. The number of carbonyl (C=O) groups is 2. The van der Waals surface area contributed by atoms with E-state index in [-0.39, 0.29) is 42.6 Å². The number of nitrogens with zero attached hydrogens (tertiary/aromatic N) is 2. The Morgan fingerprint density at radius 3 is 2.60 bits per heavy atom. The Balaban J connectivity index is 1.53. The van der Waals surface area contributed by atoms with Crippen LogP contribution in [0.2, 0.25) is 0 Å². The lowest BCUT2D eigenvalue weighted by atomic mass is 9.87. The van der Waals surface area contributed by atoms with Crippen LogP contribution in [0.4, 0.5) is 15.3 Å². The minimum atomic E-state index is -4.15. The second kappa shape index (κ2) is 16.1. The van der Waals surface area contributed by atoms with E-state index >= 15 is 0 Å². The first-order valence-electron chi connectivity index (χ1n) is 16.0. The molecule has 13 nitrogen and oxygen atoms in total.